The van der Waals surface area contributed by atoms with Crippen LogP contribution in [0.1, 0.15) is 22.7 Å². The summed E-state index contributed by atoms with van der Waals surface area (Å²) in [4.78, 5) is 42.1. The van der Waals surface area contributed by atoms with Crippen LogP contribution in [-0.2, 0) is 9.59 Å². The van der Waals surface area contributed by atoms with E-state index in [-0.39, 0.29) is 33.9 Å². The number of carbonyl (C=O) groups excluding carboxylic acids is 3. The van der Waals surface area contributed by atoms with Crippen molar-refractivity contribution in [3.05, 3.63) is 75.6 Å². The minimum absolute atomic E-state index is 0.0644. The highest BCUT2D eigenvalue weighted by molar-refractivity contribution is 6.31. The van der Waals surface area contributed by atoms with E-state index < -0.39 is 42.1 Å². The Bertz CT molecular complexity index is 1450. The van der Waals surface area contributed by atoms with Gasteiger partial charge < -0.3 is 20.7 Å². The molecule has 1 aromatic heterocycles. The smallest absolute Gasteiger partial charge is 0.330 e. The van der Waals surface area contributed by atoms with Crippen molar-refractivity contribution in [3.8, 4) is 6.07 Å². The van der Waals surface area contributed by atoms with Crippen molar-refractivity contribution < 1.29 is 28.3 Å². The Morgan fingerprint density at radius 3 is 2.74 bits per heavy atom. The van der Waals surface area contributed by atoms with Gasteiger partial charge in [-0.2, -0.15) is 5.26 Å². The standard InChI is InChI=1S/C23H16ClF2N5O4/c24-15-4-3-14-13(10-29-19(14)18(15)26)8-17-22(34)31(23(35)30-17)20(21(33)28-5-6-32)11-1-2-12(9-27)16(25)7-11/h1-4,7-8,10,20,29,32H,5-6H2,(H,28,33)(H,30,35)/b17-8-. The number of aliphatic hydroxyl groups excluding tert-OH is 1. The van der Waals surface area contributed by atoms with E-state index in [0.717, 1.165) is 12.1 Å². The largest absolute Gasteiger partial charge is 0.395 e. The molecule has 9 nitrogen and oxygen atoms in total. The minimum Gasteiger partial charge on any atom is -0.395 e. The van der Waals surface area contributed by atoms with Crippen molar-refractivity contribution in [2.45, 2.75) is 6.04 Å². The molecule has 4 rings (SSSR count). The number of nitrogens with one attached hydrogen (secondary N) is 3. The Morgan fingerprint density at radius 1 is 1.29 bits per heavy atom. The summed E-state index contributed by atoms with van der Waals surface area (Å²) < 4.78 is 28.5. The van der Waals surface area contributed by atoms with Gasteiger partial charge >= 0.3 is 6.03 Å². The van der Waals surface area contributed by atoms with Crippen LogP contribution >= 0.6 is 11.6 Å². The quantitative estimate of drug-likeness (QED) is 0.305. The molecule has 2 heterocycles. The van der Waals surface area contributed by atoms with E-state index in [1.165, 1.54) is 30.5 Å². The number of hydrogen-bond donors (Lipinski definition) is 4. The number of urea groups is 1. The molecule has 0 spiro atoms. The van der Waals surface area contributed by atoms with Gasteiger partial charge in [-0.1, -0.05) is 23.7 Å². The fraction of sp³-hybridized carbons (Fsp3) is 0.130. The van der Waals surface area contributed by atoms with Crippen LogP contribution < -0.4 is 10.6 Å². The predicted molar refractivity (Wildman–Crippen MR) is 121 cm³/mol. The molecule has 12 heteroatoms. The summed E-state index contributed by atoms with van der Waals surface area (Å²) in [5.74, 6) is -3.36. The first-order chi connectivity index (χ1) is 16.8. The number of aromatic amines is 1. The van der Waals surface area contributed by atoms with E-state index in [1.807, 2.05) is 0 Å². The van der Waals surface area contributed by atoms with Crippen molar-refractivity contribution in [2.75, 3.05) is 13.2 Å². The van der Waals surface area contributed by atoms with E-state index >= 15 is 0 Å². The summed E-state index contributed by atoms with van der Waals surface area (Å²) in [7, 11) is 0. The third kappa shape index (κ3) is 4.32. The van der Waals surface area contributed by atoms with Gasteiger partial charge in [-0.05, 0) is 29.8 Å². The summed E-state index contributed by atoms with van der Waals surface area (Å²) >= 11 is 5.79. The second kappa shape index (κ2) is 9.54. The molecule has 4 amide bonds. The third-order valence-electron chi connectivity index (χ3n) is 5.33. The maximum absolute atomic E-state index is 14.3. The monoisotopic (exact) mass is 499 g/mol. The number of nitrogens with zero attached hydrogens (tertiary/aromatic N) is 2. The summed E-state index contributed by atoms with van der Waals surface area (Å²) in [6, 6.07) is 5.24. The number of rotatable bonds is 6. The van der Waals surface area contributed by atoms with Crippen molar-refractivity contribution in [2.24, 2.45) is 0 Å². The third-order valence-corrected chi connectivity index (χ3v) is 5.63. The highest BCUT2D eigenvalue weighted by Gasteiger charge is 2.43. The highest BCUT2D eigenvalue weighted by atomic mass is 35.5. The van der Waals surface area contributed by atoms with Crippen molar-refractivity contribution >= 4 is 46.4 Å². The SMILES string of the molecule is N#Cc1ccc(C(C(=O)NCCO)N2C(=O)N/C(=C\c3c[nH]c4c(F)c(Cl)ccc34)C2=O)cc1F. The molecule has 1 unspecified atom stereocenters. The number of benzene rings is 2. The number of halogens is 3. The molecule has 178 valence electrons. The maximum atomic E-state index is 14.3. The van der Waals surface area contributed by atoms with E-state index in [4.69, 9.17) is 22.0 Å². The molecule has 0 saturated carbocycles. The minimum atomic E-state index is -1.60. The Morgan fingerprint density at radius 2 is 2.06 bits per heavy atom. The highest BCUT2D eigenvalue weighted by Crippen LogP contribution is 2.31. The molecule has 2 aromatic carbocycles. The first kappa shape index (κ1) is 23.9. The number of fused-ring (bicyclic) bond motifs is 1. The number of amides is 4. The van der Waals surface area contributed by atoms with Gasteiger partial charge in [-0.3, -0.25) is 9.59 Å². The van der Waals surface area contributed by atoms with Crippen LogP contribution in [0.3, 0.4) is 0 Å². The molecule has 1 saturated heterocycles. The van der Waals surface area contributed by atoms with Crippen LogP contribution in [-0.4, -0.2) is 46.0 Å². The van der Waals surface area contributed by atoms with Crippen molar-refractivity contribution in [1.82, 2.24) is 20.5 Å². The average molecular weight is 500 g/mol. The normalized spacial score (nSPS) is 15.4. The fourth-order valence-corrected chi connectivity index (χ4v) is 3.86. The number of H-pyrrole nitrogens is 1. The summed E-state index contributed by atoms with van der Waals surface area (Å²) in [5, 5.41) is 23.0. The summed E-state index contributed by atoms with van der Waals surface area (Å²) in [6.07, 6.45) is 2.72. The molecule has 3 aromatic rings. The summed E-state index contributed by atoms with van der Waals surface area (Å²) in [5.41, 5.74) is -0.0855. The van der Waals surface area contributed by atoms with Crippen molar-refractivity contribution in [1.29, 1.82) is 5.26 Å². The first-order valence-corrected chi connectivity index (χ1v) is 10.5. The van der Waals surface area contributed by atoms with Gasteiger partial charge in [0.25, 0.3) is 5.91 Å². The fourth-order valence-electron chi connectivity index (χ4n) is 3.70. The molecular formula is C23H16ClF2N5O4. The second-order valence-corrected chi connectivity index (χ2v) is 7.87. The van der Waals surface area contributed by atoms with Gasteiger partial charge in [0.2, 0.25) is 5.91 Å². The lowest BCUT2D eigenvalue weighted by molar-refractivity contribution is -0.133. The number of nitriles is 1. The Hall–Kier alpha value is -4.27. The molecule has 1 aliphatic rings. The van der Waals surface area contributed by atoms with Crippen LogP contribution in [0.5, 0.6) is 0 Å². The Kier molecular flexibility index (Phi) is 6.50. The number of hydrogen-bond acceptors (Lipinski definition) is 5. The predicted octanol–water partition coefficient (Wildman–Crippen LogP) is 2.71. The Balaban J connectivity index is 1.74. The number of aliphatic hydroxyl groups is 1. The molecule has 0 aliphatic carbocycles. The number of carbonyl (C=O) groups is 3. The molecule has 0 bridgehead atoms. The van der Waals surface area contributed by atoms with Gasteiger partial charge in [0.05, 0.1) is 22.7 Å². The second-order valence-electron chi connectivity index (χ2n) is 7.46. The van der Waals surface area contributed by atoms with E-state index in [1.54, 1.807) is 6.07 Å². The number of aromatic nitrogens is 1. The zero-order chi connectivity index (χ0) is 25.3. The lowest BCUT2D eigenvalue weighted by atomic mass is 10.0. The lowest BCUT2D eigenvalue weighted by Crippen LogP contribution is -2.44. The first-order valence-electron chi connectivity index (χ1n) is 10.2. The van der Waals surface area contributed by atoms with Gasteiger partial charge in [-0.25, -0.2) is 18.5 Å². The van der Waals surface area contributed by atoms with Gasteiger partial charge in [0, 0.05) is 23.7 Å². The lowest BCUT2D eigenvalue weighted by Gasteiger charge is -2.24. The molecule has 1 atom stereocenters. The maximum Gasteiger partial charge on any atom is 0.330 e. The van der Waals surface area contributed by atoms with Gasteiger partial charge in [0.1, 0.15) is 23.6 Å². The van der Waals surface area contributed by atoms with E-state index in [0.29, 0.717) is 15.8 Å². The van der Waals surface area contributed by atoms with Crippen LogP contribution in [0.25, 0.3) is 17.0 Å². The van der Waals surface area contributed by atoms with Gasteiger partial charge in [-0.15, -0.1) is 0 Å². The molecule has 0 radical (unpaired) electrons. The number of imide groups is 1. The van der Waals surface area contributed by atoms with Crippen LogP contribution in [0.2, 0.25) is 5.02 Å². The molecular weight excluding hydrogens is 484 g/mol. The summed E-state index contributed by atoms with van der Waals surface area (Å²) in [6.45, 7) is -0.587. The molecule has 35 heavy (non-hydrogen) atoms. The Labute approximate surface area is 201 Å². The van der Waals surface area contributed by atoms with Gasteiger partial charge in [0.15, 0.2) is 5.82 Å². The topological polar surface area (TPSA) is 138 Å². The zero-order valence-electron chi connectivity index (χ0n) is 17.7. The van der Waals surface area contributed by atoms with E-state index in [2.05, 4.69) is 15.6 Å². The molecule has 1 aliphatic heterocycles. The molecule has 4 N–H and O–H groups in total. The molecule has 1 fully saturated rings. The average Bonchev–Trinajstić information content (AvgIpc) is 3.36. The van der Waals surface area contributed by atoms with Crippen LogP contribution in [0, 0.1) is 23.0 Å². The van der Waals surface area contributed by atoms with E-state index in [9.17, 15) is 23.2 Å². The van der Waals surface area contributed by atoms with Crippen LogP contribution in [0.15, 0.2) is 42.2 Å². The van der Waals surface area contributed by atoms with Crippen LogP contribution in [0.4, 0.5) is 13.6 Å². The van der Waals surface area contributed by atoms with Crippen molar-refractivity contribution in [3.63, 3.8) is 0 Å². The zero-order valence-corrected chi connectivity index (χ0v) is 18.5.